The Morgan fingerprint density at radius 2 is 1.90 bits per heavy atom. The van der Waals surface area contributed by atoms with Crippen molar-refractivity contribution in [1.82, 2.24) is 15.4 Å². The highest BCUT2D eigenvalue weighted by molar-refractivity contribution is 5.93. The summed E-state index contributed by atoms with van der Waals surface area (Å²) in [6, 6.07) is 14.3. The van der Waals surface area contributed by atoms with Crippen molar-refractivity contribution >= 4 is 22.5 Å². The summed E-state index contributed by atoms with van der Waals surface area (Å²) >= 11 is 0. The second kappa shape index (κ2) is 7.54. The van der Waals surface area contributed by atoms with Gasteiger partial charge in [-0.05, 0) is 54.3 Å². The first kappa shape index (κ1) is 18.2. The van der Waals surface area contributed by atoms with Gasteiger partial charge in [0.25, 0.3) is 5.91 Å². The van der Waals surface area contributed by atoms with Crippen molar-refractivity contribution in [3.05, 3.63) is 64.8 Å². The van der Waals surface area contributed by atoms with Crippen LogP contribution >= 0.6 is 0 Å². The Morgan fingerprint density at radius 1 is 1.10 bits per heavy atom. The average molecular weight is 390 g/mol. The summed E-state index contributed by atoms with van der Waals surface area (Å²) in [5.74, 6) is -0.485. The third-order valence-corrected chi connectivity index (χ3v) is 6.24. The van der Waals surface area contributed by atoms with Crippen molar-refractivity contribution < 1.29 is 10.0 Å². The van der Waals surface area contributed by atoms with Crippen molar-refractivity contribution in [1.29, 1.82) is 0 Å². The molecule has 2 aliphatic heterocycles. The van der Waals surface area contributed by atoms with E-state index in [4.69, 9.17) is 5.21 Å². The molecule has 2 aliphatic rings. The Kier molecular flexibility index (Phi) is 4.73. The van der Waals surface area contributed by atoms with Gasteiger partial charge in [-0.15, -0.1) is 0 Å². The zero-order valence-corrected chi connectivity index (χ0v) is 16.4. The van der Waals surface area contributed by atoms with Gasteiger partial charge in [-0.3, -0.25) is 10.0 Å². The van der Waals surface area contributed by atoms with Gasteiger partial charge in [0.2, 0.25) is 0 Å². The molecule has 150 valence electrons. The lowest BCUT2D eigenvalue weighted by molar-refractivity contribution is 0.0706. The number of hydroxylamine groups is 1. The fraction of sp³-hybridized carbons (Fsp3) is 0.348. The summed E-state index contributed by atoms with van der Waals surface area (Å²) in [7, 11) is 0. The van der Waals surface area contributed by atoms with Crippen molar-refractivity contribution in [3.8, 4) is 0 Å². The molecule has 1 amide bonds. The second-order valence-corrected chi connectivity index (χ2v) is 7.97. The second-order valence-electron chi connectivity index (χ2n) is 7.97. The predicted molar refractivity (Wildman–Crippen MR) is 114 cm³/mol. The number of carbonyl (C=O) groups is 1. The van der Waals surface area contributed by atoms with Crippen LogP contribution in [0, 0.1) is 0 Å². The molecule has 3 aromatic rings. The number of benzene rings is 2. The predicted octanol–water partition coefficient (Wildman–Crippen LogP) is 3.05. The lowest BCUT2D eigenvalue weighted by atomic mass is 10.1. The van der Waals surface area contributed by atoms with Crippen LogP contribution in [0.2, 0.25) is 0 Å². The Bertz CT molecular complexity index is 1050. The van der Waals surface area contributed by atoms with Gasteiger partial charge in [0.15, 0.2) is 0 Å². The van der Waals surface area contributed by atoms with E-state index in [0.717, 1.165) is 44.7 Å². The molecule has 29 heavy (non-hydrogen) atoms. The van der Waals surface area contributed by atoms with Crippen molar-refractivity contribution in [2.24, 2.45) is 0 Å². The molecule has 0 unspecified atom stereocenters. The van der Waals surface area contributed by atoms with Gasteiger partial charge in [0.1, 0.15) is 0 Å². The molecule has 1 aromatic heterocycles. The van der Waals surface area contributed by atoms with Crippen LogP contribution in [0.15, 0.2) is 42.5 Å². The Hall–Kier alpha value is -2.83. The highest BCUT2D eigenvalue weighted by Crippen LogP contribution is 2.33. The Morgan fingerprint density at radius 3 is 2.66 bits per heavy atom. The van der Waals surface area contributed by atoms with E-state index in [1.165, 1.54) is 40.7 Å². The molecule has 2 aromatic carbocycles. The van der Waals surface area contributed by atoms with Crippen LogP contribution in [-0.2, 0) is 19.5 Å². The van der Waals surface area contributed by atoms with Gasteiger partial charge in [-0.1, -0.05) is 12.1 Å². The Labute approximate surface area is 170 Å². The molecule has 1 saturated heterocycles. The molecule has 0 aliphatic carbocycles. The number of rotatable bonds is 4. The molecule has 3 heterocycles. The van der Waals surface area contributed by atoms with Crippen molar-refractivity contribution in [2.45, 2.75) is 32.4 Å². The van der Waals surface area contributed by atoms with Crippen LogP contribution in [0.1, 0.15) is 40.0 Å². The third-order valence-electron chi connectivity index (χ3n) is 6.24. The highest BCUT2D eigenvalue weighted by atomic mass is 16.5. The number of hydrogen-bond donors (Lipinski definition) is 3. The normalized spacial score (nSPS) is 16.2. The summed E-state index contributed by atoms with van der Waals surface area (Å²) < 4.78 is 2.43. The first-order valence-corrected chi connectivity index (χ1v) is 10.4. The molecule has 0 radical (unpaired) electrons. The van der Waals surface area contributed by atoms with Crippen LogP contribution < -0.4 is 15.7 Å². The van der Waals surface area contributed by atoms with E-state index in [9.17, 15) is 4.79 Å². The van der Waals surface area contributed by atoms with Gasteiger partial charge in [0.05, 0.1) is 0 Å². The fourth-order valence-corrected chi connectivity index (χ4v) is 4.73. The van der Waals surface area contributed by atoms with E-state index in [1.807, 2.05) is 12.1 Å². The van der Waals surface area contributed by atoms with Crippen LogP contribution in [0.5, 0.6) is 0 Å². The van der Waals surface area contributed by atoms with Crippen LogP contribution in [0.4, 0.5) is 5.69 Å². The maximum absolute atomic E-state index is 11.6. The fourth-order valence-electron chi connectivity index (χ4n) is 4.73. The highest BCUT2D eigenvalue weighted by Gasteiger charge is 2.21. The zero-order chi connectivity index (χ0) is 19.8. The maximum atomic E-state index is 11.6. The maximum Gasteiger partial charge on any atom is 0.274 e. The number of aromatic nitrogens is 1. The summed E-state index contributed by atoms with van der Waals surface area (Å²) in [5, 5.41) is 13.7. The summed E-state index contributed by atoms with van der Waals surface area (Å²) in [4.78, 5) is 14.1. The van der Waals surface area contributed by atoms with Crippen LogP contribution in [-0.4, -0.2) is 35.3 Å². The molecule has 6 heteroatoms. The number of anilines is 1. The lowest BCUT2D eigenvalue weighted by Crippen LogP contribution is -2.24. The minimum atomic E-state index is -0.485. The van der Waals surface area contributed by atoms with Gasteiger partial charge in [-0.25, -0.2) is 5.48 Å². The number of carbonyl (C=O) groups excluding carboxylic acids is 1. The van der Waals surface area contributed by atoms with Gasteiger partial charge < -0.3 is 14.8 Å². The SMILES string of the molecule is O=C(NO)c1ccc(Cn2c3c(c4cc(N5CCCC5)ccc42)CNCC3)cc1. The molecule has 0 atom stereocenters. The number of fused-ring (bicyclic) bond motifs is 3. The molecular formula is C23H26N4O2. The number of nitrogens with zero attached hydrogens (tertiary/aromatic N) is 2. The summed E-state index contributed by atoms with van der Waals surface area (Å²) in [6.07, 6.45) is 3.58. The average Bonchev–Trinajstić information content (AvgIpc) is 3.41. The lowest BCUT2D eigenvalue weighted by Gasteiger charge is -2.18. The first-order chi connectivity index (χ1) is 14.2. The van der Waals surface area contributed by atoms with Gasteiger partial charge in [-0.2, -0.15) is 0 Å². The molecule has 3 N–H and O–H groups in total. The van der Waals surface area contributed by atoms with Crippen molar-refractivity contribution in [2.75, 3.05) is 24.5 Å². The standard InChI is InChI=1S/C23H26N4O2/c28-23(25-29)17-5-3-16(4-6-17)15-27-21-8-7-18(26-11-1-2-12-26)13-19(21)20-14-24-10-9-22(20)27/h3-8,13,24,29H,1-2,9-12,14-15H2,(H,25,28). The van der Waals surface area contributed by atoms with Crippen molar-refractivity contribution in [3.63, 3.8) is 0 Å². The largest absolute Gasteiger partial charge is 0.372 e. The van der Waals surface area contributed by atoms with E-state index in [1.54, 1.807) is 17.6 Å². The zero-order valence-electron chi connectivity index (χ0n) is 16.4. The smallest absolute Gasteiger partial charge is 0.274 e. The number of hydrogen-bond acceptors (Lipinski definition) is 4. The Balaban J connectivity index is 1.53. The van der Waals surface area contributed by atoms with E-state index in [2.05, 4.69) is 33.0 Å². The topological polar surface area (TPSA) is 69.5 Å². The van der Waals surface area contributed by atoms with Crippen LogP contribution in [0.25, 0.3) is 10.9 Å². The van der Waals surface area contributed by atoms with Gasteiger partial charge in [0, 0.05) is 67.0 Å². The summed E-state index contributed by atoms with van der Waals surface area (Å²) in [5.41, 5.74) is 8.72. The molecule has 0 saturated carbocycles. The molecule has 6 nitrogen and oxygen atoms in total. The third kappa shape index (κ3) is 3.28. The minimum absolute atomic E-state index is 0.454. The van der Waals surface area contributed by atoms with E-state index in [0.29, 0.717) is 5.56 Å². The molecule has 0 spiro atoms. The summed E-state index contributed by atoms with van der Waals surface area (Å²) in [6.45, 7) is 4.99. The molecular weight excluding hydrogens is 364 g/mol. The van der Waals surface area contributed by atoms with E-state index < -0.39 is 5.91 Å². The monoisotopic (exact) mass is 390 g/mol. The van der Waals surface area contributed by atoms with Crippen LogP contribution in [0.3, 0.4) is 0 Å². The van der Waals surface area contributed by atoms with E-state index in [-0.39, 0.29) is 0 Å². The quantitative estimate of drug-likeness (QED) is 0.473. The number of nitrogens with one attached hydrogen (secondary N) is 2. The minimum Gasteiger partial charge on any atom is -0.372 e. The number of amides is 1. The molecule has 0 bridgehead atoms. The molecule has 1 fully saturated rings. The van der Waals surface area contributed by atoms with E-state index >= 15 is 0 Å². The molecule has 5 rings (SSSR count). The first-order valence-electron chi connectivity index (χ1n) is 10.4. The van der Waals surface area contributed by atoms with Gasteiger partial charge >= 0.3 is 0 Å².